The Labute approximate surface area is 346 Å². The number of quaternary nitrogens is 1. The average Bonchev–Trinajstić information content (AvgIpc) is 3.15. The van der Waals surface area contributed by atoms with E-state index in [2.05, 4.69) is 26.0 Å². The van der Waals surface area contributed by atoms with Gasteiger partial charge in [-0.2, -0.15) is 0 Å². The van der Waals surface area contributed by atoms with Crippen molar-refractivity contribution in [2.75, 3.05) is 41.0 Å². The van der Waals surface area contributed by atoms with Gasteiger partial charge in [0.15, 0.2) is 12.1 Å². The number of unbranched alkanes of at least 4 members (excludes halogenated alkanes) is 27. The lowest BCUT2D eigenvalue weighted by Gasteiger charge is -2.31. The fourth-order valence-corrected chi connectivity index (χ4v) is 7.19. The number of nitrogens with zero attached hydrogens (tertiary/aromatic N) is 1. The zero-order chi connectivity index (χ0) is 41.4. The number of ether oxygens (including phenoxy) is 3. The molecule has 0 bridgehead atoms. The number of hydrogen-bond donors (Lipinski definition) is 1. The lowest BCUT2D eigenvalue weighted by Crippen LogP contribution is -2.50. The Bertz CT molecular complexity index is 931. The maximum atomic E-state index is 12.7. The molecular formula is C48H92NO7+. The minimum Gasteiger partial charge on any atom is -0.477 e. The average molecular weight is 795 g/mol. The van der Waals surface area contributed by atoms with Gasteiger partial charge >= 0.3 is 17.9 Å². The first-order valence-corrected chi connectivity index (χ1v) is 23.7. The van der Waals surface area contributed by atoms with E-state index in [0.717, 1.165) is 51.4 Å². The summed E-state index contributed by atoms with van der Waals surface area (Å²) >= 11 is 0. The van der Waals surface area contributed by atoms with E-state index < -0.39 is 18.1 Å². The van der Waals surface area contributed by atoms with Crippen molar-refractivity contribution in [1.82, 2.24) is 0 Å². The number of carboxylic acid groups (broad SMARTS) is 1. The van der Waals surface area contributed by atoms with Gasteiger partial charge in [0.2, 0.25) is 0 Å². The third kappa shape index (κ3) is 37.6. The Morgan fingerprint density at radius 1 is 0.518 bits per heavy atom. The zero-order valence-corrected chi connectivity index (χ0v) is 37.6. The van der Waals surface area contributed by atoms with E-state index in [1.807, 2.05) is 21.1 Å². The molecule has 0 fully saturated rings. The summed E-state index contributed by atoms with van der Waals surface area (Å²) < 4.78 is 17.3. The van der Waals surface area contributed by atoms with Crippen LogP contribution in [0.15, 0.2) is 12.2 Å². The highest BCUT2D eigenvalue weighted by molar-refractivity contribution is 5.72. The summed E-state index contributed by atoms with van der Waals surface area (Å²) in [5.74, 6) is -1.46. The van der Waals surface area contributed by atoms with Crippen molar-refractivity contribution in [3.8, 4) is 0 Å². The van der Waals surface area contributed by atoms with Gasteiger partial charge in [0, 0.05) is 19.3 Å². The van der Waals surface area contributed by atoms with Crippen LogP contribution in [0.25, 0.3) is 0 Å². The molecule has 0 aromatic carbocycles. The van der Waals surface area contributed by atoms with E-state index in [4.69, 9.17) is 14.2 Å². The molecule has 56 heavy (non-hydrogen) atoms. The number of likely N-dealkylation sites (N-methyl/N-ethyl adjacent to an activating group) is 1. The molecule has 0 aliphatic carbocycles. The highest BCUT2D eigenvalue weighted by Gasteiger charge is 2.31. The summed E-state index contributed by atoms with van der Waals surface area (Å²) in [5, 5.41) is 9.62. The van der Waals surface area contributed by atoms with E-state index in [-0.39, 0.29) is 36.2 Å². The number of aliphatic carboxylic acids is 1. The highest BCUT2D eigenvalue weighted by Crippen LogP contribution is 2.16. The van der Waals surface area contributed by atoms with Crippen molar-refractivity contribution in [1.29, 1.82) is 0 Å². The van der Waals surface area contributed by atoms with E-state index >= 15 is 0 Å². The van der Waals surface area contributed by atoms with Crippen molar-refractivity contribution in [3.63, 3.8) is 0 Å². The van der Waals surface area contributed by atoms with Crippen LogP contribution < -0.4 is 0 Å². The first-order valence-electron chi connectivity index (χ1n) is 23.7. The fraction of sp³-hybridized carbons (Fsp3) is 0.896. The normalized spacial score (nSPS) is 12.9. The van der Waals surface area contributed by atoms with Crippen molar-refractivity contribution in [3.05, 3.63) is 12.2 Å². The molecule has 8 heteroatoms. The van der Waals surface area contributed by atoms with Gasteiger partial charge in [0.1, 0.15) is 6.61 Å². The topological polar surface area (TPSA) is 99.1 Å². The monoisotopic (exact) mass is 795 g/mol. The molecule has 1 N–H and O–H groups in total. The third-order valence-corrected chi connectivity index (χ3v) is 10.9. The van der Waals surface area contributed by atoms with Crippen LogP contribution >= 0.6 is 0 Å². The second kappa shape index (κ2) is 39.9. The predicted molar refractivity (Wildman–Crippen MR) is 234 cm³/mol. The molecule has 0 aliphatic heterocycles. The van der Waals surface area contributed by atoms with Gasteiger partial charge < -0.3 is 23.8 Å². The van der Waals surface area contributed by atoms with Crippen molar-refractivity contribution < 1.29 is 38.2 Å². The summed E-state index contributed by atoms with van der Waals surface area (Å²) in [6, 6.07) is -0.611. The number of esters is 2. The highest BCUT2D eigenvalue weighted by atomic mass is 16.6. The molecule has 2 atom stereocenters. The number of carbonyl (C=O) groups excluding carboxylic acids is 2. The zero-order valence-electron chi connectivity index (χ0n) is 37.6. The van der Waals surface area contributed by atoms with Crippen LogP contribution in [0.4, 0.5) is 0 Å². The standard InChI is InChI=1S/C48H91NO7/c1-6-8-10-12-14-16-18-19-20-21-22-23-24-25-26-27-29-30-32-34-36-38-46(50)55-43-44(42-54-41-40-45(48(52)53)49(3,4)5)56-47(51)39-37-35-33-31-28-17-15-13-11-9-7-2/h13,15,44-45H,6-12,14,16-43H2,1-5H3/p+1/b15-13+. The van der Waals surface area contributed by atoms with E-state index in [1.165, 1.54) is 141 Å². The SMILES string of the molecule is CCCC/C=C/CCCCCCCC(=O)OC(COCCC(C(=O)O)[N+](C)(C)C)COC(=O)CCCCCCCCCCCCCCCCCCCCCCC. The summed E-state index contributed by atoms with van der Waals surface area (Å²) in [4.78, 5) is 37.0. The van der Waals surface area contributed by atoms with Crippen LogP contribution in [0.1, 0.15) is 226 Å². The number of hydrogen-bond acceptors (Lipinski definition) is 6. The number of allylic oxidation sites excluding steroid dienone is 2. The molecule has 0 saturated heterocycles. The largest absolute Gasteiger partial charge is 0.477 e. The molecule has 0 aromatic rings. The van der Waals surface area contributed by atoms with Crippen LogP contribution in [0, 0.1) is 0 Å². The quantitative estimate of drug-likeness (QED) is 0.0284. The molecule has 2 unspecified atom stereocenters. The van der Waals surface area contributed by atoms with Crippen molar-refractivity contribution >= 4 is 17.9 Å². The Hall–Kier alpha value is -1.93. The van der Waals surface area contributed by atoms with Gasteiger partial charge in [-0.1, -0.05) is 187 Å². The molecule has 0 rings (SSSR count). The van der Waals surface area contributed by atoms with E-state index in [0.29, 0.717) is 19.3 Å². The first kappa shape index (κ1) is 54.1. The number of carboxylic acids is 1. The summed E-state index contributed by atoms with van der Waals surface area (Å²) in [6.45, 7) is 4.72. The molecule has 0 amide bonds. The summed E-state index contributed by atoms with van der Waals surface area (Å²) in [5.41, 5.74) is 0. The van der Waals surface area contributed by atoms with E-state index in [9.17, 15) is 19.5 Å². The molecule has 0 spiro atoms. The minimum atomic E-state index is -0.873. The van der Waals surface area contributed by atoms with Gasteiger partial charge in [0.25, 0.3) is 0 Å². The summed E-state index contributed by atoms with van der Waals surface area (Å²) in [7, 11) is 5.53. The molecule has 0 radical (unpaired) electrons. The molecule has 330 valence electrons. The maximum Gasteiger partial charge on any atom is 0.362 e. The second-order valence-corrected chi connectivity index (χ2v) is 17.4. The van der Waals surface area contributed by atoms with Crippen LogP contribution in [0.2, 0.25) is 0 Å². The number of rotatable bonds is 43. The van der Waals surface area contributed by atoms with Crippen LogP contribution in [0.5, 0.6) is 0 Å². The molecular weight excluding hydrogens is 703 g/mol. The van der Waals surface area contributed by atoms with Crippen LogP contribution in [-0.2, 0) is 28.6 Å². The number of carbonyl (C=O) groups is 3. The lowest BCUT2D eigenvalue weighted by molar-refractivity contribution is -0.887. The van der Waals surface area contributed by atoms with E-state index in [1.54, 1.807) is 0 Å². The summed E-state index contributed by atoms with van der Waals surface area (Å²) in [6.07, 6.45) is 42.6. The lowest BCUT2D eigenvalue weighted by atomic mass is 10.0. The Kier molecular flexibility index (Phi) is 38.5. The van der Waals surface area contributed by atoms with Crippen molar-refractivity contribution in [2.24, 2.45) is 0 Å². The fourth-order valence-electron chi connectivity index (χ4n) is 7.19. The van der Waals surface area contributed by atoms with Gasteiger partial charge in [-0.15, -0.1) is 0 Å². The van der Waals surface area contributed by atoms with Crippen LogP contribution in [-0.4, -0.2) is 80.6 Å². The van der Waals surface area contributed by atoms with Gasteiger partial charge in [-0.3, -0.25) is 9.59 Å². The van der Waals surface area contributed by atoms with Gasteiger partial charge in [0.05, 0.1) is 34.4 Å². The smallest absolute Gasteiger partial charge is 0.362 e. The Balaban J connectivity index is 4.16. The van der Waals surface area contributed by atoms with Crippen molar-refractivity contribution in [2.45, 2.75) is 238 Å². The minimum absolute atomic E-state index is 0.0483. The molecule has 0 saturated carbocycles. The molecule has 0 heterocycles. The Morgan fingerprint density at radius 3 is 1.34 bits per heavy atom. The Morgan fingerprint density at radius 2 is 0.911 bits per heavy atom. The van der Waals surface area contributed by atoms with Crippen LogP contribution in [0.3, 0.4) is 0 Å². The third-order valence-electron chi connectivity index (χ3n) is 10.9. The second-order valence-electron chi connectivity index (χ2n) is 17.4. The molecule has 8 nitrogen and oxygen atoms in total. The first-order chi connectivity index (χ1) is 27.1. The predicted octanol–water partition coefficient (Wildman–Crippen LogP) is 13.1. The van der Waals surface area contributed by atoms with Gasteiger partial charge in [-0.25, -0.2) is 4.79 Å². The molecule has 0 aromatic heterocycles. The van der Waals surface area contributed by atoms with Gasteiger partial charge in [-0.05, 0) is 32.1 Å². The maximum absolute atomic E-state index is 12.7. The molecule has 0 aliphatic rings.